The molecule has 5 rings (SSSR count). The van der Waals surface area contributed by atoms with Crippen LogP contribution in [0.2, 0.25) is 0 Å². The monoisotopic (exact) mass is 705 g/mol. The molecule has 0 radical (unpaired) electrons. The van der Waals surface area contributed by atoms with Gasteiger partial charge >= 0.3 is 0 Å². The molecule has 0 aromatic heterocycles. The lowest BCUT2D eigenvalue weighted by Gasteiger charge is -2.27. The van der Waals surface area contributed by atoms with Crippen molar-refractivity contribution >= 4 is 38.1 Å². The third-order valence-corrected chi connectivity index (χ3v) is 11.3. The molecule has 2 atom stereocenters. The number of aliphatic hydroxyl groups excluding tert-OH is 2. The Morgan fingerprint density at radius 3 is 2.63 bits per heavy atom. The minimum atomic E-state index is -0.461. The van der Waals surface area contributed by atoms with Gasteiger partial charge in [-0.05, 0) is 102 Å². The highest BCUT2D eigenvalue weighted by molar-refractivity contribution is 8.76. The van der Waals surface area contributed by atoms with E-state index in [2.05, 4.69) is 11.4 Å². The first kappa shape index (κ1) is 37.0. The number of nitrogens with one attached hydrogen (secondary N) is 1. The fourth-order valence-electron chi connectivity index (χ4n) is 6.38. The molecule has 0 saturated heterocycles. The third kappa shape index (κ3) is 9.93. The van der Waals surface area contributed by atoms with E-state index in [4.69, 9.17) is 9.47 Å². The first-order valence-corrected chi connectivity index (χ1v) is 19.5. The number of carbonyl (C=O) groups excluding carboxylic acids is 1. The molecule has 262 valence electrons. The lowest BCUT2D eigenvalue weighted by atomic mass is 9.89. The molecule has 0 amide bonds. The number of benzene rings is 4. The zero-order valence-corrected chi connectivity index (χ0v) is 29.7. The Morgan fingerprint density at radius 1 is 0.959 bits per heavy atom. The predicted molar refractivity (Wildman–Crippen MR) is 199 cm³/mol. The maximum Gasteiger partial charge on any atom is 0.168 e. The number of carbonyl (C=O) groups is 1. The second kappa shape index (κ2) is 18.7. The van der Waals surface area contributed by atoms with Gasteiger partial charge < -0.3 is 29.9 Å². The summed E-state index contributed by atoms with van der Waals surface area (Å²) in [5.74, 6) is 2.29. The van der Waals surface area contributed by atoms with Crippen LogP contribution in [0, 0.1) is 0 Å². The van der Waals surface area contributed by atoms with Crippen LogP contribution in [0.5, 0.6) is 17.2 Å². The van der Waals surface area contributed by atoms with E-state index in [-0.39, 0.29) is 43.0 Å². The number of hydrogen-bond donors (Lipinski definition) is 5. The van der Waals surface area contributed by atoms with E-state index < -0.39 is 6.23 Å². The lowest BCUT2D eigenvalue weighted by Crippen LogP contribution is -2.30. The molecule has 5 N–H and O–H groups in total. The fourth-order valence-corrected chi connectivity index (χ4v) is 8.65. The number of hydrogen-bond acceptors (Lipinski definition) is 10. The van der Waals surface area contributed by atoms with Gasteiger partial charge in [0.15, 0.2) is 11.5 Å². The molecule has 4 aromatic rings. The van der Waals surface area contributed by atoms with Gasteiger partial charge in [-0.15, -0.1) is 0 Å². The number of fused-ring (bicyclic) bond motifs is 5. The Bertz CT molecular complexity index is 1700. The van der Waals surface area contributed by atoms with Crippen molar-refractivity contribution in [2.24, 2.45) is 0 Å². The van der Waals surface area contributed by atoms with E-state index >= 15 is 0 Å². The summed E-state index contributed by atoms with van der Waals surface area (Å²) in [6.45, 7) is 0.696. The molecule has 1 aliphatic heterocycles. The molecule has 10 heteroatoms. The van der Waals surface area contributed by atoms with Crippen molar-refractivity contribution in [3.8, 4) is 28.4 Å². The molecule has 0 fully saturated rings. The molecular formula is C39H47NO7S2. The van der Waals surface area contributed by atoms with E-state index in [9.17, 15) is 25.2 Å². The number of unbranched alkanes of at least 4 members (excludes halogenated alkanes) is 1. The van der Waals surface area contributed by atoms with Crippen molar-refractivity contribution in [2.75, 3.05) is 26.0 Å². The zero-order chi connectivity index (χ0) is 34.6. The van der Waals surface area contributed by atoms with Gasteiger partial charge in [0.2, 0.25) is 0 Å². The van der Waals surface area contributed by atoms with Crippen molar-refractivity contribution < 1.29 is 34.7 Å². The highest BCUT2D eigenvalue weighted by atomic mass is 33.1. The van der Waals surface area contributed by atoms with E-state index in [0.29, 0.717) is 37.3 Å². The Labute approximate surface area is 296 Å². The number of ketones is 1. The lowest BCUT2D eigenvalue weighted by molar-refractivity contribution is -0.124. The smallest absolute Gasteiger partial charge is 0.168 e. The molecule has 0 bridgehead atoms. The van der Waals surface area contributed by atoms with Gasteiger partial charge in [0, 0.05) is 36.5 Å². The number of phenolic OH excluding ortho intramolecular Hbond substituents is 2. The molecule has 8 nitrogen and oxygen atoms in total. The standard InChI is InChI=1S/C39H47NO7S2/c1-46-38-36(45)17-13-28-11-15-30(43)22-32(47-39(40-18-3-4-19-41)29-8-6-7-26(21-29)24-42)9-2-5-20-48-49-25-35-33(37(28)38)16-12-27-10-14-31(44)23-34(27)35/h6-8,10,12-14,16-17,21,23,32,39-42,44-45H,2-5,9,11,15,18-20,22,24-25H2,1H3/t32-,39+/m1/s1. The van der Waals surface area contributed by atoms with Crippen LogP contribution >= 0.6 is 21.6 Å². The summed E-state index contributed by atoms with van der Waals surface area (Å²) in [6.07, 6.45) is 4.32. The molecule has 1 aliphatic rings. The van der Waals surface area contributed by atoms with Crippen LogP contribution in [0.25, 0.3) is 21.9 Å². The van der Waals surface area contributed by atoms with Crippen LogP contribution in [-0.4, -0.2) is 58.3 Å². The van der Waals surface area contributed by atoms with Gasteiger partial charge in [-0.25, -0.2) is 0 Å². The minimum absolute atomic E-state index is 0.0298. The summed E-state index contributed by atoms with van der Waals surface area (Å²) in [5.41, 5.74) is 5.30. The number of aryl methyl sites for hydroxylation is 1. The van der Waals surface area contributed by atoms with Crippen LogP contribution < -0.4 is 10.1 Å². The van der Waals surface area contributed by atoms with E-state index in [1.807, 2.05) is 42.5 Å². The quantitative estimate of drug-likeness (QED) is 0.0633. The molecule has 0 saturated carbocycles. The van der Waals surface area contributed by atoms with Gasteiger partial charge in [0.1, 0.15) is 17.8 Å². The first-order valence-electron chi connectivity index (χ1n) is 17.0. The molecule has 0 spiro atoms. The van der Waals surface area contributed by atoms with E-state index in [1.54, 1.807) is 46.9 Å². The van der Waals surface area contributed by atoms with Gasteiger partial charge in [-0.3, -0.25) is 10.1 Å². The Morgan fingerprint density at radius 2 is 1.82 bits per heavy atom. The van der Waals surface area contributed by atoms with Crippen molar-refractivity contribution in [3.05, 3.63) is 89.0 Å². The van der Waals surface area contributed by atoms with Gasteiger partial charge in [0.05, 0.1) is 19.8 Å². The molecule has 0 unspecified atom stereocenters. The van der Waals surface area contributed by atoms with E-state index in [0.717, 1.165) is 75.6 Å². The first-order chi connectivity index (χ1) is 23.9. The average molecular weight is 706 g/mol. The normalized spacial score (nSPS) is 17.0. The summed E-state index contributed by atoms with van der Waals surface area (Å²) in [6, 6.07) is 20.6. The summed E-state index contributed by atoms with van der Waals surface area (Å²) >= 11 is 0. The van der Waals surface area contributed by atoms with Gasteiger partial charge in [-0.2, -0.15) is 0 Å². The van der Waals surface area contributed by atoms with Gasteiger partial charge in [0.25, 0.3) is 0 Å². The molecule has 0 aliphatic carbocycles. The fraction of sp³-hybridized carbons (Fsp3) is 0.410. The maximum atomic E-state index is 13.7. The van der Waals surface area contributed by atoms with Crippen LogP contribution in [0.1, 0.15) is 73.4 Å². The predicted octanol–water partition coefficient (Wildman–Crippen LogP) is 7.82. The molecule has 4 aromatic carbocycles. The Balaban J connectivity index is 1.45. The zero-order valence-electron chi connectivity index (χ0n) is 28.0. The highest BCUT2D eigenvalue weighted by Crippen LogP contribution is 2.45. The van der Waals surface area contributed by atoms with Crippen molar-refractivity contribution in [1.29, 1.82) is 0 Å². The van der Waals surface area contributed by atoms with Gasteiger partial charge in [-0.1, -0.05) is 70.5 Å². The Hall–Kier alpha value is -3.25. The topological polar surface area (TPSA) is 128 Å². The molecule has 1 heterocycles. The van der Waals surface area contributed by atoms with Crippen molar-refractivity contribution in [2.45, 2.75) is 76.1 Å². The molecule has 49 heavy (non-hydrogen) atoms. The third-order valence-electron chi connectivity index (χ3n) is 8.91. The van der Waals surface area contributed by atoms with Crippen LogP contribution in [0.15, 0.2) is 66.7 Å². The second-order valence-electron chi connectivity index (χ2n) is 12.4. The maximum absolute atomic E-state index is 13.7. The summed E-state index contributed by atoms with van der Waals surface area (Å²) < 4.78 is 12.5. The number of phenols is 2. The van der Waals surface area contributed by atoms with Crippen LogP contribution in [0.3, 0.4) is 0 Å². The Kier molecular flexibility index (Phi) is 14.1. The summed E-state index contributed by atoms with van der Waals surface area (Å²) in [7, 11) is 5.11. The SMILES string of the molecule is COc1c(O)ccc2c1-c1ccc3ccc(O)cc3c1CSSCCCC[C@@H](O[C@H](NCCCCO)c1cccc(CO)c1)CC(=O)CC2. The van der Waals surface area contributed by atoms with E-state index in [1.165, 1.54) is 0 Å². The second-order valence-corrected chi connectivity index (χ2v) is 15.0. The summed E-state index contributed by atoms with van der Waals surface area (Å²) in [4.78, 5) is 13.7. The number of aromatic hydroxyl groups is 2. The van der Waals surface area contributed by atoms with Crippen LogP contribution in [-0.2, 0) is 28.3 Å². The number of rotatable bonds is 10. The summed E-state index contributed by atoms with van der Waals surface area (Å²) in [5, 5.41) is 45.8. The highest BCUT2D eigenvalue weighted by Gasteiger charge is 2.24. The number of Topliss-reactive ketones (excluding diaryl/α,β-unsaturated/α-hetero) is 1. The number of methoxy groups -OCH3 is 1. The number of aliphatic hydroxyl groups is 2. The van der Waals surface area contributed by atoms with Crippen LogP contribution in [0.4, 0.5) is 0 Å². The largest absolute Gasteiger partial charge is 0.508 e. The minimum Gasteiger partial charge on any atom is -0.508 e. The van der Waals surface area contributed by atoms with Crippen molar-refractivity contribution in [3.63, 3.8) is 0 Å². The molecular weight excluding hydrogens is 659 g/mol. The average Bonchev–Trinajstić information content (AvgIpc) is 3.11. The van der Waals surface area contributed by atoms with Crippen molar-refractivity contribution in [1.82, 2.24) is 5.32 Å². The number of ether oxygens (including phenoxy) is 2.